The van der Waals surface area contributed by atoms with Gasteiger partial charge in [0.1, 0.15) is 0 Å². The third kappa shape index (κ3) is 3.83. The minimum absolute atomic E-state index is 0.173. The lowest BCUT2D eigenvalue weighted by atomic mass is 10.1. The van der Waals surface area contributed by atoms with Crippen molar-refractivity contribution in [1.82, 2.24) is 0 Å². The number of rotatable bonds is 3. The molecule has 5 nitrogen and oxygen atoms in total. The number of hydrogen-bond donors (Lipinski definition) is 1. The average molecular weight is 444 g/mol. The van der Waals surface area contributed by atoms with Crippen LogP contribution in [0.25, 0.3) is 0 Å². The monoisotopic (exact) mass is 442 g/mol. The molecule has 1 aliphatic rings. The Balaban J connectivity index is 1.84. The Morgan fingerprint density at radius 2 is 2.00 bits per heavy atom. The summed E-state index contributed by atoms with van der Waals surface area (Å²) in [4.78, 5) is 12.5. The van der Waals surface area contributed by atoms with Crippen LogP contribution in [0.15, 0.2) is 40.9 Å². The van der Waals surface area contributed by atoms with Gasteiger partial charge in [-0.2, -0.15) is 0 Å². The molecule has 0 radical (unpaired) electrons. The first kappa shape index (κ1) is 18.2. The van der Waals surface area contributed by atoms with Crippen LogP contribution in [0.3, 0.4) is 0 Å². The van der Waals surface area contributed by atoms with Crippen molar-refractivity contribution in [2.75, 3.05) is 21.9 Å². The van der Waals surface area contributed by atoms with Crippen LogP contribution in [0, 0.1) is 6.92 Å². The number of nitrogens with zero attached hydrogens (tertiary/aromatic N) is 1. The molecular formula is C17H16BrClN2O3S. The molecule has 0 saturated carbocycles. The lowest BCUT2D eigenvalue weighted by Gasteiger charge is -2.18. The molecule has 2 aromatic carbocycles. The van der Waals surface area contributed by atoms with Crippen molar-refractivity contribution >= 4 is 54.8 Å². The molecule has 0 bridgehead atoms. The van der Waals surface area contributed by atoms with E-state index in [9.17, 15) is 13.2 Å². The van der Waals surface area contributed by atoms with Crippen molar-refractivity contribution < 1.29 is 13.2 Å². The molecule has 1 saturated heterocycles. The molecule has 25 heavy (non-hydrogen) atoms. The van der Waals surface area contributed by atoms with Crippen molar-refractivity contribution in [3.05, 3.63) is 57.0 Å². The van der Waals surface area contributed by atoms with E-state index < -0.39 is 10.0 Å². The van der Waals surface area contributed by atoms with Gasteiger partial charge in [0.15, 0.2) is 0 Å². The van der Waals surface area contributed by atoms with Crippen molar-refractivity contribution in [2.24, 2.45) is 0 Å². The van der Waals surface area contributed by atoms with Gasteiger partial charge in [-0.25, -0.2) is 8.42 Å². The smallest absolute Gasteiger partial charge is 0.257 e. The summed E-state index contributed by atoms with van der Waals surface area (Å²) in [5, 5.41) is 3.18. The molecule has 0 spiro atoms. The number of benzene rings is 2. The van der Waals surface area contributed by atoms with Crippen molar-refractivity contribution in [3.63, 3.8) is 0 Å². The Morgan fingerprint density at radius 1 is 1.24 bits per heavy atom. The Morgan fingerprint density at radius 3 is 2.64 bits per heavy atom. The Bertz CT molecular complexity index is 947. The molecular weight excluding hydrogens is 428 g/mol. The van der Waals surface area contributed by atoms with Crippen LogP contribution in [0.5, 0.6) is 0 Å². The maximum Gasteiger partial charge on any atom is 0.257 e. The van der Waals surface area contributed by atoms with Crippen molar-refractivity contribution in [1.29, 1.82) is 0 Å². The molecule has 0 atom stereocenters. The fourth-order valence-corrected chi connectivity index (χ4v) is 4.85. The third-order valence-electron chi connectivity index (χ3n) is 4.02. The summed E-state index contributed by atoms with van der Waals surface area (Å²) in [7, 11) is -3.22. The number of nitrogens with one attached hydrogen (secondary N) is 1. The zero-order valence-electron chi connectivity index (χ0n) is 13.4. The first-order valence-corrected chi connectivity index (χ1v) is 10.4. The summed E-state index contributed by atoms with van der Waals surface area (Å²) >= 11 is 9.41. The van der Waals surface area contributed by atoms with Gasteiger partial charge >= 0.3 is 0 Å². The van der Waals surface area contributed by atoms with E-state index in [1.54, 1.807) is 36.4 Å². The summed E-state index contributed by atoms with van der Waals surface area (Å²) in [6.07, 6.45) is 0.626. The van der Waals surface area contributed by atoms with Crippen LogP contribution in [-0.4, -0.2) is 26.6 Å². The Hall–Kier alpha value is -1.57. The van der Waals surface area contributed by atoms with Gasteiger partial charge in [0.05, 0.1) is 22.0 Å². The highest BCUT2D eigenvalue weighted by atomic mass is 79.9. The minimum atomic E-state index is -3.22. The van der Waals surface area contributed by atoms with E-state index in [-0.39, 0.29) is 11.7 Å². The normalized spacial score (nSPS) is 16.0. The van der Waals surface area contributed by atoms with E-state index in [0.717, 1.165) is 10.0 Å². The second-order valence-corrected chi connectivity index (χ2v) is 9.15. The molecule has 132 valence electrons. The van der Waals surface area contributed by atoms with E-state index in [1.807, 2.05) is 6.92 Å². The number of carbonyl (C=O) groups is 1. The highest BCUT2D eigenvalue weighted by Crippen LogP contribution is 2.29. The minimum Gasteiger partial charge on any atom is -0.322 e. The first-order valence-electron chi connectivity index (χ1n) is 7.65. The standard InChI is InChI=1S/C17H16BrClN2O3S/c1-11-9-13(21-7-2-8-25(21,23)24)4-6-16(11)20-17(22)14-10-12(18)3-5-15(14)19/h3-6,9-10H,2,7-8H2,1H3,(H,20,22). The van der Waals surface area contributed by atoms with E-state index in [2.05, 4.69) is 21.2 Å². The molecule has 1 N–H and O–H groups in total. The van der Waals surface area contributed by atoms with Gasteiger partial charge in [0, 0.05) is 16.7 Å². The second-order valence-electron chi connectivity index (χ2n) is 5.82. The van der Waals surface area contributed by atoms with Crippen LogP contribution < -0.4 is 9.62 Å². The summed E-state index contributed by atoms with van der Waals surface area (Å²) < 4.78 is 26.2. The van der Waals surface area contributed by atoms with E-state index in [1.165, 1.54) is 4.31 Å². The Kier molecular flexibility index (Phi) is 5.09. The van der Waals surface area contributed by atoms with Crippen molar-refractivity contribution in [3.8, 4) is 0 Å². The van der Waals surface area contributed by atoms with E-state index in [0.29, 0.717) is 34.9 Å². The number of amides is 1. The number of aryl methyl sites for hydroxylation is 1. The third-order valence-corrected chi connectivity index (χ3v) is 6.71. The fraction of sp³-hybridized carbons (Fsp3) is 0.235. The maximum absolute atomic E-state index is 12.5. The lowest BCUT2D eigenvalue weighted by molar-refractivity contribution is 0.102. The number of carbonyl (C=O) groups excluding carboxylic acids is 1. The largest absolute Gasteiger partial charge is 0.322 e. The van der Waals surface area contributed by atoms with Gasteiger partial charge in [0.25, 0.3) is 5.91 Å². The van der Waals surface area contributed by atoms with E-state index >= 15 is 0 Å². The summed E-state index contributed by atoms with van der Waals surface area (Å²) in [6.45, 7) is 2.31. The molecule has 1 fully saturated rings. The van der Waals surface area contributed by atoms with Gasteiger partial charge in [-0.3, -0.25) is 9.10 Å². The van der Waals surface area contributed by atoms with Gasteiger partial charge in [-0.05, 0) is 55.3 Å². The topological polar surface area (TPSA) is 66.5 Å². The van der Waals surface area contributed by atoms with Gasteiger partial charge in [-0.15, -0.1) is 0 Å². The maximum atomic E-state index is 12.5. The predicted octanol–water partition coefficient (Wildman–Crippen LogP) is 4.20. The zero-order valence-corrected chi connectivity index (χ0v) is 16.6. The summed E-state index contributed by atoms with van der Waals surface area (Å²) in [5.74, 6) is -0.151. The number of sulfonamides is 1. The molecule has 0 aromatic heterocycles. The highest BCUT2D eigenvalue weighted by Gasteiger charge is 2.28. The van der Waals surface area contributed by atoms with Crippen LogP contribution in [-0.2, 0) is 10.0 Å². The molecule has 2 aromatic rings. The molecule has 1 heterocycles. The summed E-state index contributed by atoms with van der Waals surface area (Å²) in [5.41, 5.74) is 2.37. The molecule has 3 rings (SSSR count). The van der Waals surface area contributed by atoms with E-state index in [4.69, 9.17) is 11.6 Å². The zero-order chi connectivity index (χ0) is 18.2. The molecule has 1 aliphatic heterocycles. The van der Waals surface area contributed by atoms with Crippen LogP contribution in [0.2, 0.25) is 5.02 Å². The highest BCUT2D eigenvalue weighted by molar-refractivity contribution is 9.10. The second kappa shape index (κ2) is 6.97. The number of halogens is 2. The first-order chi connectivity index (χ1) is 11.8. The molecule has 0 unspecified atom stereocenters. The molecule has 0 aliphatic carbocycles. The summed E-state index contributed by atoms with van der Waals surface area (Å²) in [6, 6.07) is 10.2. The quantitative estimate of drug-likeness (QED) is 0.773. The number of hydrogen-bond acceptors (Lipinski definition) is 3. The van der Waals surface area contributed by atoms with Gasteiger partial charge in [0.2, 0.25) is 10.0 Å². The SMILES string of the molecule is Cc1cc(N2CCCS2(=O)=O)ccc1NC(=O)c1cc(Br)ccc1Cl. The molecule has 1 amide bonds. The Labute approximate surface area is 160 Å². The predicted molar refractivity (Wildman–Crippen MR) is 104 cm³/mol. The van der Waals surface area contributed by atoms with Crippen LogP contribution in [0.1, 0.15) is 22.3 Å². The van der Waals surface area contributed by atoms with Gasteiger partial charge in [-0.1, -0.05) is 27.5 Å². The van der Waals surface area contributed by atoms with Crippen LogP contribution in [0.4, 0.5) is 11.4 Å². The number of anilines is 2. The van der Waals surface area contributed by atoms with Crippen LogP contribution >= 0.6 is 27.5 Å². The van der Waals surface area contributed by atoms with Crippen molar-refractivity contribution in [2.45, 2.75) is 13.3 Å². The van der Waals surface area contributed by atoms with Gasteiger partial charge < -0.3 is 5.32 Å². The average Bonchev–Trinajstić information content (AvgIpc) is 2.91. The lowest BCUT2D eigenvalue weighted by Crippen LogP contribution is -2.25. The molecule has 8 heteroatoms. The fourth-order valence-electron chi connectivity index (χ4n) is 2.73.